The van der Waals surface area contributed by atoms with Crippen LogP contribution in [-0.4, -0.2) is 22.5 Å². The molecule has 0 spiro atoms. The van der Waals surface area contributed by atoms with Crippen molar-refractivity contribution >= 4 is 22.6 Å². The molecule has 21 heavy (non-hydrogen) atoms. The summed E-state index contributed by atoms with van der Waals surface area (Å²) >= 11 is 5.95. The van der Waals surface area contributed by atoms with Gasteiger partial charge in [0.1, 0.15) is 11.6 Å². The maximum atomic E-state index is 5.95. The molecule has 4 heteroatoms. The van der Waals surface area contributed by atoms with Gasteiger partial charge in [0.15, 0.2) is 0 Å². The summed E-state index contributed by atoms with van der Waals surface area (Å²) < 4.78 is 7.70. The first-order chi connectivity index (χ1) is 10.1. The molecule has 2 rings (SSSR count). The Labute approximate surface area is 132 Å². The number of hydrogen-bond donors (Lipinski definition) is 0. The molecule has 0 bridgehead atoms. The molecule has 2 atom stereocenters. The first-order valence-electron chi connectivity index (χ1n) is 7.71. The topological polar surface area (TPSA) is 27.1 Å². The maximum Gasteiger partial charge on any atom is 0.121 e. The number of fused-ring (bicyclic) bond motifs is 1. The third-order valence-corrected chi connectivity index (χ3v) is 4.36. The first-order valence-corrected chi connectivity index (χ1v) is 8.24. The highest BCUT2D eigenvalue weighted by atomic mass is 35.5. The summed E-state index contributed by atoms with van der Waals surface area (Å²) in [6.07, 6.45) is 3.14. The van der Waals surface area contributed by atoms with Crippen LogP contribution < -0.4 is 4.74 Å². The molecule has 0 saturated heterocycles. The fourth-order valence-corrected chi connectivity index (χ4v) is 3.03. The second kappa shape index (κ2) is 7.17. The Kier molecular flexibility index (Phi) is 5.51. The molecular weight excluding hydrogens is 284 g/mol. The molecule has 3 nitrogen and oxygen atoms in total. The molecule has 0 saturated carbocycles. The Hall–Kier alpha value is -1.22. The highest BCUT2D eigenvalue weighted by molar-refractivity contribution is 6.17. The molecular formula is C17H25ClN2O. The van der Waals surface area contributed by atoms with Crippen LogP contribution >= 0.6 is 11.6 Å². The van der Waals surface area contributed by atoms with E-state index >= 15 is 0 Å². The van der Waals surface area contributed by atoms with Crippen LogP contribution in [0, 0.1) is 5.92 Å². The smallest absolute Gasteiger partial charge is 0.121 e. The lowest BCUT2D eigenvalue weighted by Gasteiger charge is -2.20. The zero-order valence-electron chi connectivity index (χ0n) is 13.4. The highest BCUT2D eigenvalue weighted by Crippen LogP contribution is 2.29. The summed E-state index contributed by atoms with van der Waals surface area (Å²) in [7, 11) is 1.70. The predicted molar refractivity (Wildman–Crippen MR) is 89.5 cm³/mol. The van der Waals surface area contributed by atoms with Gasteiger partial charge in [0.2, 0.25) is 0 Å². The van der Waals surface area contributed by atoms with E-state index in [4.69, 9.17) is 21.3 Å². The van der Waals surface area contributed by atoms with Crippen molar-refractivity contribution in [2.45, 2.75) is 46.1 Å². The molecule has 0 aliphatic rings. The summed E-state index contributed by atoms with van der Waals surface area (Å²) in [6.45, 7) is 6.81. The molecule has 0 fully saturated rings. The number of benzene rings is 1. The Morgan fingerprint density at radius 1 is 1.33 bits per heavy atom. The van der Waals surface area contributed by atoms with Gasteiger partial charge >= 0.3 is 0 Å². The second-order valence-corrected chi connectivity index (χ2v) is 6.17. The van der Waals surface area contributed by atoms with Gasteiger partial charge in [-0.25, -0.2) is 4.98 Å². The molecule has 0 radical (unpaired) electrons. The molecule has 0 amide bonds. The Bertz CT molecular complexity index is 594. The van der Waals surface area contributed by atoms with E-state index < -0.39 is 0 Å². The van der Waals surface area contributed by atoms with Crippen molar-refractivity contribution in [3.05, 3.63) is 24.0 Å². The molecule has 0 N–H and O–H groups in total. The standard InChI is InChI=1S/C17H25ClN2O/c1-5-12(2)10-13(3)20-16-11-14(21-4)6-7-15(16)19-17(20)8-9-18/h6-7,11-13H,5,8-10H2,1-4H3. The van der Waals surface area contributed by atoms with Gasteiger partial charge in [-0.05, 0) is 31.4 Å². The third kappa shape index (κ3) is 3.52. The Balaban J connectivity index is 2.47. The van der Waals surface area contributed by atoms with Crippen LogP contribution in [0.15, 0.2) is 18.2 Å². The number of rotatable bonds is 7. The van der Waals surface area contributed by atoms with E-state index in [1.165, 1.54) is 6.42 Å². The zero-order chi connectivity index (χ0) is 15.4. The van der Waals surface area contributed by atoms with E-state index in [-0.39, 0.29) is 0 Å². The number of hydrogen-bond acceptors (Lipinski definition) is 2. The van der Waals surface area contributed by atoms with Crippen LogP contribution in [0.4, 0.5) is 0 Å². The Morgan fingerprint density at radius 2 is 2.10 bits per heavy atom. The molecule has 0 aliphatic carbocycles. The maximum absolute atomic E-state index is 5.95. The van der Waals surface area contributed by atoms with Crippen molar-refractivity contribution < 1.29 is 4.74 Å². The zero-order valence-corrected chi connectivity index (χ0v) is 14.2. The largest absolute Gasteiger partial charge is 0.497 e. The highest BCUT2D eigenvalue weighted by Gasteiger charge is 2.17. The van der Waals surface area contributed by atoms with Crippen molar-refractivity contribution in [2.75, 3.05) is 13.0 Å². The van der Waals surface area contributed by atoms with Gasteiger partial charge < -0.3 is 9.30 Å². The van der Waals surface area contributed by atoms with Crippen LogP contribution in [0.2, 0.25) is 0 Å². The summed E-state index contributed by atoms with van der Waals surface area (Å²) in [4.78, 5) is 4.75. The van der Waals surface area contributed by atoms with Gasteiger partial charge in [-0.3, -0.25) is 0 Å². The molecule has 2 unspecified atom stereocenters. The summed E-state index contributed by atoms with van der Waals surface area (Å²) in [6, 6.07) is 6.48. The predicted octanol–water partition coefficient (Wildman–Crippen LogP) is 4.82. The van der Waals surface area contributed by atoms with E-state index in [1.807, 2.05) is 12.1 Å². The van der Waals surface area contributed by atoms with Crippen LogP contribution in [-0.2, 0) is 6.42 Å². The number of halogens is 1. The minimum atomic E-state index is 0.412. The van der Waals surface area contributed by atoms with Crippen LogP contribution in [0.3, 0.4) is 0 Å². The minimum absolute atomic E-state index is 0.412. The number of aromatic nitrogens is 2. The van der Waals surface area contributed by atoms with Crippen LogP contribution in [0.1, 0.15) is 45.5 Å². The van der Waals surface area contributed by atoms with Gasteiger partial charge in [0.05, 0.1) is 18.1 Å². The number of nitrogens with zero attached hydrogens (tertiary/aromatic N) is 2. The minimum Gasteiger partial charge on any atom is -0.497 e. The lowest BCUT2D eigenvalue weighted by molar-refractivity contribution is 0.396. The second-order valence-electron chi connectivity index (χ2n) is 5.79. The van der Waals surface area contributed by atoms with Crippen molar-refractivity contribution in [3.63, 3.8) is 0 Å². The van der Waals surface area contributed by atoms with Gasteiger partial charge in [-0.1, -0.05) is 20.3 Å². The molecule has 1 aromatic heterocycles. The number of ether oxygens (including phenoxy) is 1. The van der Waals surface area contributed by atoms with E-state index in [1.54, 1.807) is 7.11 Å². The van der Waals surface area contributed by atoms with Crippen molar-refractivity contribution in [2.24, 2.45) is 5.92 Å². The van der Waals surface area contributed by atoms with Crippen LogP contribution in [0.5, 0.6) is 5.75 Å². The first kappa shape index (κ1) is 16.2. The van der Waals surface area contributed by atoms with Gasteiger partial charge in [0, 0.05) is 24.4 Å². The molecule has 2 aromatic rings. The molecule has 0 aliphatic heterocycles. The third-order valence-electron chi connectivity index (χ3n) is 4.17. The van der Waals surface area contributed by atoms with Crippen LogP contribution in [0.25, 0.3) is 11.0 Å². The van der Waals surface area contributed by atoms with Crippen molar-refractivity contribution in [1.82, 2.24) is 9.55 Å². The quantitative estimate of drug-likeness (QED) is 0.685. The summed E-state index contributed by atoms with van der Waals surface area (Å²) in [5, 5.41) is 0. The van der Waals surface area contributed by atoms with E-state index in [0.29, 0.717) is 17.8 Å². The molecule has 1 heterocycles. The van der Waals surface area contributed by atoms with Crippen molar-refractivity contribution in [3.8, 4) is 5.75 Å². The fourth-order valence-electron chi connectivity index (χ4n) is 2.86. The van der Waals surface area contributed by atoms with E-state index in [2.05, 4.69) is 31.4 Å². The van der Waals surface area contributed by atoms with Gasteiger partial charge in [-0.15, -0.1) is 11.6 Å². The van der Waals surface area contributed by atoms with Gasteiger partial charge in [0.25, 0.3) is 0 Å². The molecule has 1 aromatic carbocycles. The summed E-state index contributed by atoms with van der Waals surface area (Å²) in [5.74, 6) is 3.24. The summed E-state index contributed by atoms with van der Waals surface area (Å²) in [5.41, 5.74) is 2.16. The number of alkyl halides is 1. The lowest BCUT2D eigenvalue weighted by Crippen LogP contribution is -2.13. The van der Waals surface area contributed by atoms with E-state index in [9.17, 15) is 0 Å². The van der Waals surface area contributed by atoms with E-state index in [0.717, 1.165) is 35.4 Å². The SMILES string of the molecule is CCC(C)CC(C)n1c(CCCl)nc2ccc(OC)cc21. The average Bonchev–Trinajstić information content (AvgIpc) is 2.84. The van der Waals surface area contributed by atoms with Crippen molar-refractivity contribution in [1.29, 1.82) is 0 Å². The normalized spacial score (nSPS) is 14.3. The number of imidazole rings is 1. The molecule has 116 valence electrons. The lowest BCUT2D eigenvalue weighted by atomic mass is 10.00. The fraction of sp³-hybridized carbons (Fsp3) is 0.588. The van der Waals surface area contributed by atoms with Gasteiger partial charge in [-0.2, -0.15) is 0 Å². The monoisotopic (exact) mass is 308 g/mol. The average molecular weight is 309 g/mol. The number of methoxy groups -OCH3 is 1. The Morgan fingerprint density at radius 3 is 2.71 bits per heavy atom. The number of aryl methyl sites for hydroxylation is 1.